The standard InChI is InChI=1S/C8H9O.Li/c1-7-3-5-8(9-2)6-4-7;/h3-6H,1H2,2H3;/q-1;+1. The summed E-state index contributed by atoms with van der Waals surface area (Å²) < 4.78 is 4.94. The summed E-state index contributed by atoms with van der Waals surface area (Å²) in [7, 11) is 1.65. The van der Waals surface area contributed by atoms with E-state index in [1.165, 1.54) is 0 Å². The van der Waals surface area contributed by atoms with Gasteiger partial charge in [-0.1, -0.05) is 12.1 Å². The van der Waals surface area contributed by atoms with Gasteiger partial charge >= 0.3 is 18.9 Å². The van der Waals surface area contributed by atoms with E-state index in [-0.39, 0.29) is 18.9 Å². The summed E-state index contributed by atoms with van der Waals surface area (Å²) in [5, 5.41) is 0. The van der Waals surface area contributed by atoms with Gasteiger partial charge in [0.2, 0.25) is 0 Å². The van der Waals surface area contributed by atoms with E-state index in [1.54, 1.807) is 7.11 Å². The van der Waals surface area contributed by atoms with Gasteiger partial charge in [-0.3, -0.25) is 0 Å². The normalized spacial score (nSPS) is 8.10. The molecule has 0 aromatic heterocycles. The summed E-state index contributed by atoms with van der Waals surface area (Å²) in [5.74, 6) is 0.877. The number of rotatable bonds is 1. The molecule has 0 fully saturated rings. The van der Waals surface area contributed by atoms with Gasteiger partial charge in [-0.25, -0.2) is 0 Å². The Morgan fingerprint density at radius 2 is 1.70 bits per heavy atom. The fraction of sp³-hybridized carbons (Fsp3) is 0.125. The smallest absolute Gasteiger partial charge is 0.499 e. The van der Waals surface area contributed by atoms with Crippen molar-refractivity contribution in [2.24, 2.45) is 0 Å². The molecule has 0 atom stereocenters. The number of methoxy groups -OCH3 is 1. The van der Waals surface area contributed by atoms with Crippen molar-refractivity contribution in [2.75, 3.05) is 7.11 Å². The van der Waals surface area contributed by atoms with Crippen molar-refractivity contribution in [2.45, 2.75) is 0 Å². The van der Waals surface area contributed by atoms with Crippen LogP contribution in [0.25, 0.3) is 0 Å². The summed E-state index contributed by atoms with van der Waals surface area (Å²) in [6.45, 7) is 3.74. The van der Waals surface area contributed by atoms with Crippen molar-refractivity contribution >= 4 is 0 Å². The number of hydrogen-bond donors (Lipinski definition) is 0. The van der Waals surface area contributed by atoms with Crippen LogP contribution >= 0.6 is 0 Å². The Morgan fingerprint density at radius 3 is 2.10 bits per heavy atom. The van der Waals surface area contributed by atoms with Gasteiger partial charge < -0.3 is 4.74 Å². The average molecular weight is 128 g/mol. The molecular weight excluding hydrogens is 119 g/mol. The topological polar surface area (TPSA) is 9.23 Å². The summed E-state index contributed by atoms with van der Waals surface area (Å²) in [6, 6.07) is 7.61. The van der Waals surface area contributed by atoms with Gasteiger partial charge in [0.05, 0.1) is 12.9 Å². The number of hydrogen-bond acceptors (Lipinski definition) is 1. The maximum absolute atomic E-state index is 4.94. The van der Waals surface area contributed by atoms with Crippen LogP contribution in [0.2, 0.25) is 0 Å². The van der Waals surface area contributed by atoms with Gasteiger partial charge in [-0.15, -0.1) is 0 Å². The molecule has 0 bridgehead atoms. The van der Waals surface area contributed by atoms with Crippen molar-refractivity contribution in [3.8, 4) is 5.75 Å². The third-order valence-electron chi connectivity index (χ3n) is 1.16. The maximum Gasteiger partial charge on any atom is 1.00 e. The SMILES string of the molecule is [CH2-]c1ccc(OC)cc1.[Li+]. The van der Waals surface area contributed by atoms with E-state index in [0.29, 0.717) is 0 Å². The van der Waals surface area contributed by atoms with Crippen LogP contribution in [0.1, 0.15) is 5.56 Å². The molecular formula is C8H9LiO. The Kier molecular flexibility index (Phi) is 4.10. The first kappa shape index (κ1) is 9.49. The third kappa shape index (κ3) is 2.39. The van der Waals surface area contributed by atoms with Crippen LogP contribution in [0, 0.1) is 6.92 Å². The Hall–Kier alpha value is -0.513. The van der Waals surface area contributed by atoms with E-state index in [9.17, 15) is 0 Å². The summed E-state index contributed by atoms with van der Waals surface area (Å²) in [6.07, 6.45) is 0. The molecule has 1 rings (SSSR count). The van der Waals surface area contributed by atoms with Crippen LogP contribution in [0.15, 0.2) is 24.3 Å². The van der Waals surface area contributed by atoms with E-state index in [4.69, 9.17) is 4.74 Å². The van der Waals surface area contributed by atoms with E-state index in [1.807, 2.05) is 24.3 Å². The predicted octanol–water partition coefficient (Wildman–Crippen LogP) is -1.12. The first-order chi connectivity index (χ1) is 4.33. The van der Waals surface area contributed by atoms with Gasteiger partial charge in [0, 0.05) is 0 Å². The molecule has 48 valence electrons. The number of benzene rings is 1. The van der Waals surface area contributed by atoms with Gasteiger partial charge in [0.1, 0.15) is 0 Å². The Balaban J connectivity index is 0.000000810. The fourth-order valence-electron chi connectivity index (χ4n) is 0.626. The largest absolute Gasteiger partial charge is 1.00 e. The Bertz CT molecular complexity index is 181. The second kappa shape index (κ2) is 4.33. The molecule has 1 aromatic carbocycles. The zero-order valence-corrected chi connectivity index (χ0v) is 6.42. The summed E-state index contributed by atoms with van der Waals surface area (Å²) in [4.78, 5) is 0. The number of ether oxygens (including phenoxy) is 1. The molecule has 0 amide bonds. The van der Waals surface area contributed by atoms with Crippen molar-refractivity contribution in [3.63, 3.8) is 0 Å². The van der Waals surface area contributed by atoms with Crippen molar-refractivity contribution < 1.29 is 23.6 Å². The van der Waals surface area contributed by atoms with Gasteiger partial charge in [-0.2, -0.15) is 24.6 Å². The molecule has 0 spiro atoms. The fourth-order valence-corrected chi connectivity index (χ4v) is 0.626. The minimum Gasteiger partial charge on any atom is -0.499 e. The van der Waals surface area contributed by atoms with Crippen molar-refractivity contribution in [3.05, 3.63) is 36.8 Å². The summed E-state index contributed by atoms with van der Waals surface area (Å²) in [5.41, 5.74) is 1.01. The second-order valence-electron chi connectivity index (χ2n) is 1.85. The molecule has 0 heterocycles. The molecule has 2 heteroatoms. The first-order valence-electron chi connectivity index (χ1n) is 2.79. The molecule has 1 aromatic rings. The maximum atomic E-state index is 4.94. The first-order valence-corrected chi connectivity index (χ1v) is 2.79. The van der Waals surface area contributed by atoms with Crippen LogP contribution in [-0.4, -0.2) is 7.11 Å². The Morgan fingerprint density at radius 1 is 1.20 bits per heavy atom. The molecule has 10 heavy (non-hydrogen) atoms. The molecule has 0 unspecified atom stereocenters. The van der Waals surface area contributed by atoms with Gasteiger partial charge in [-0.05, 0) is 0 Å². The van der Waals surface area contributed by atoms with Gasteiger partial charge in [0.25, 0.3) is 0 Å². The monoisotopic (exact) mass is 128 g/mol. The van der Waals surface area contributed by atoms with Crippen LogP contribution in [0.4, 0.5) is 0 Å². The molecule has 0 aliphatic rings. The quantitative estimate of drug-likeness (QED) is 0.344. The van der Waals surface area contributed by atoms with E-state index in [2.05, 4.69) is 6.92 Å². The third-order valence-corrected chi connectivity index (χ3v) is 1.16. The molecule has 0 N–H and O–H groups in total. The van der Waals surface area contributed by atoms with E-state index >= 15 is 0 Å². The van der Waals surface area contributed by atoms with Crippen LogP contribution in [0.3, 0.4) is 0 Å². The van der Waals surface area contributed by atoms with E-state index < -0.39 is 0 Å². The van der Waals surface area contributed by atoms with Crippen LogP contribution < -0.4 is 23.6 Å². The Labute approximate surface area is 73.6 Å². The van der Waals surface area contributed by atoms with Crippen LogP contribution in [-0.2, 0) is 0 Å². The zero-order chi connectivity index (χ0) is 6.69. The summed E-state index contributed by atoms with van der Waals surface area (Å²) >= 11 is 0. The van der Waals surface area contributed by atoms with Crippen LogP contribution in [0.5, 0.6) is 5.75 Å². The molecule has 0 aliphatic heterocycles. The van der Waals surface area contributed by atoms with Crippen molar-refractivity contribution in [1.29, 1.82) is 0 Å². The molecule has 0 aliphatic carbocycles. The zero-order valence-electron chi connectivity index (χ0n) is 6.42. The molecule has 0 radical (unpaired) electrons. The second-order valence-corrected chi connectivity index (χ2v) is 1.85. The van der Waals surface area contributed by atoms with E-state index in [0.717, 1.165) is 11.3 Å². The minimum absolute atomic E-state index is 0. The minimum atomic E-state index is 0. The predicted molar refractivity (Wildman–Crippen MR) is 37.5 cm³/mol. The molecule has 0 saturated carbocycles. The average Bonchev–Trinajstić information content (AvgIpc) is 1.90. The molecule has 0 saturated heterocycles. The van der Waals surface area contributed by atoms with Gasteiger partial charge in [0.15, 0.2) is 0 Å². The van der Waals surface area contributed by atoms with Crippen molar-refractivity contribution in [1.82, 2.24) is 0 Å². The molecule has 1 nitrogen and oxygen atoms in total.